The fourth-order valence-electron chi connectivity index (χ4n) is 3.23. The van der Waals surface area contributed by atoms with Gasteiger partial charge in [0.05, 0.1) is 31.3 Å². The Morgan fingerprint density at radius 3 is 2.84 bits per heavy atom. The summed E-state index contributed by atoms with van der Waals surface area (Å²) in [6.07, 6.45) is 3.43. The van der Waals surface area contributed by atoms with Crippen LogP contribution in [0, 0.1) is 0 Å². The van der Waals surface area contributed by atoms with Crippen LogP contribution in [-0.4, -0.2) is 46.1 Å². The first-order valence-corrected chi connectivity index (χ1v) is 8.61. The summed E-state index contributed by atoms with van der Waals surface area (Å²) in [5, 5.41) is 5.51. The van der Waals surface area contributed by atoms with E-state index in [0.29, 0.717) is 13.1 Å². The second-order valence-electron chi connectivity index (χ2n) is 5.94. The average molecular weight is 359 g/mol. The maximum absolute atomic E-state index is 6.09. The van der Waals surface area contributed by atoms with Gasteiger partial charge in [-0.3, -0.25) is 0 Å². The highest BCUT2D eigenvalue weighted by atomic mass is 35.5. The lowest BCUT2D eigenvalue weighted by Crippen LogP contribution is -2.37. The Hall–Kier alpha value is -2.22. The number of benzene rings is 1. The SMILES string of the molecule is NCc1c(Cn2ncc3cnc(Cl)nc32)cccc1N1CCOCC1. The number of ether oxygens (including phenoxy) is 1. The zero-order valence-corrected chi connectivity index (χ0v) is 14.5. The molecule has 3 heterocycles. The molecule has 0 unspecified atom stereocenters. The smallest absolute Gasteiger partial charge is 0.224 e. The summed E-state index contributed by atoms with van der Waals surface area (Å²) in [7, 11) is 0. The van der Waals surface area contributed by atoms with E-state index in [1.165, 1.54) is 5.69 Å². The molecule has 7 nitrogen and oxygen atoms in total. The van der Waals surface area contributed by atoms with Crippen molar-refractivity contribution < 1.29 is 4.74 Å². The monoisotopic (exact) mass is 358 g/mol. The van der Waals surface area contributed by atoms with E-state index in [9.17, 15) is 0 Å². The molecule has 0 bridgehead atoms. The number of rotatable bonds is 4. The molecule has 4 rings (SSSR count). The molecule has 2 N–H and O–H groups in total. The molecule has 0 aliphatic carbocycles. The van der Waals surface area contributed by atoms with Crippen LogP contribution < -0.4 is 10.6 Å². The fourth-order valence-corrected chi connectivity index (χ4v) is 3.36. The summed E-state index contributed by atoms with van der Waals surface area (Å²) in [6, 6.07) is 6.27. The highest BCUT2D eigenvalue weighted by Crippen LogP contribution is 2.26. The summed E-state index contributed by atoms with van der Waals surface area (Å²) >= 11 is 5.93. The van der Waals surface area contributed by atoms with Crippen molar-refractivity contribution in [3.05, 3.63) is 47.0 Å². The maximum Gasteiger partial charge on any atom is 0.224 e. The van der Waals surface area contributed by atoms with Crippen LogP contribution in [-0.2, 0) is 17.8 Å². The van der Waals surface area contributed by atoms with Gasteiger partial charge in [0.1, 0.15) is 0 Å². The van der Waals surface area contributed by atoms with Crippen molar-refractivity contribution in [2.24, 2.45) is 5.73 Å². The third-order valence-electron chi connectivity index (χ3n) is 4.47. The molecule has 0 spiro atoms. The molecule has 130 valence electrons. The number of fused-ring (bicyclic) bond motifs is 1. The van der Waals surface area contributed by atoms with Gasteiger partial charge in [0.15, 0.2) is 5.65 Å². The Kier molecular flexibility index (Phi) is 4.52. The van der Waals surface area contributed by atoms with Crippen LogP contribution >= 0.6 is 11.6 Å². The van der Waals surface area contributed by atoms with E-state index >= 15 is 0 Å². The summed E-state index contributed by atoms with van der Waals surface area (Å²) in [6.45, 7) is 4.30. The molecular weight excluding hydrogens is 340 g/mol. The number of hydrogen-bond acceptors (Lipinski definition) is 6. The normalized spacial score (nSPS) is 15.0. The minimum absolute atomic E-state index is 0.218. The Morgan fingerprint density at radius 1 is 1.20 bits per heavy atom. The van der Waals surface area contributed by atoms with E-state index in [1.54, 1.807) is 12.4 Å². The Labute approximate surface area is 150 Å². The summed E-state index contributed by atoms with van der Waals surface area (Å²) in [5.41, 5.74) is 10.2. The number of hydrogen-bond donors (Lipinski definition) is 1. The predicted molar refractivity (Wildman–Crippen MR) is 96.8 cm³/mol. The van der Waals surface area contributed by atoms with Gasteiger partial charge >= 0.3 is 0 Å². The van der Waals surface area contributed by atoms with E-state index in [4.69, 9.17) is 22.1 Å². The molecule has 1 aliphatic heterocycles. The molecule has 1 aromatic carbocycles. The predicted octanol–water partition coefficient (Wildman–Crippen LogP) is 1.82. The van der Waals surface area contributed by atoms with E-state index in [0.717, 1.165) is 48.5 Å². The Balaban J connectivity index is 1.71. The first-order valence-electron chi connectivity index (χ1n) is 8.24. The van der Waals surface area contributed by atoms with Gasteiger partial charge < -0.3 is 15.4 Å². The van der Waals surface area contributed by atoms with Gasteiger partial charge in [0.2, 0.25) is 5.28 Å². The molecule has 25 heavy (non-hydrogen) atoms. The molecule has 1 fully saturated rings. The minimum Gasteiger partial charge on any atom is -0.378 e. The van der Waals surface area contributed by atoms with Gasteiger partial charge in [-0.1, -0.05) is 12.1 Å². The number of nitrogens with zero attached hydrogens (tertiary/aromatic N) is 5. The first-order chi connectivity index (χ1) is 12.3. The molecular formula is C17H19ClN6O. The highest BCUT2D eigenvalue weighted by molar-refractivity contribution is 6.28. The molecule has 0 amide bonds. The van der Waals surface area contributed by atoms with Crippen molar-refractivity contribution in [2.45, 2.75) is 13.1 Å². The molecule has 0 radical (unpaired) electrons. The van der Waals surface area contributed by atoms with E-state index in [1.807, 2.05) is 4.68 Å². The van der Waals surface area contributed by atoms with Gasteiger partial charge in [-0.15, -0.1) is 0 Å². The minimum atomic E-state index is 0.218. The zero-order valence-electron chi connectivity index (χ0n) is 13.7. The van der Waals surface area contributed by atoms with Gasteiger partial charge in [0.25, 0.3) is 0 Å². The van der Waals surface area contributed by atoms with Crippen LogP contribution in [0.5, 0.6) is 0 Å². The Bertz CT molecular complexity index is 890. The topological polar surface area (TPSA) is 82.1 Å². The summed E-state index contributed by atoms with van der Waals surface area (Å²) < 4.78 is 7.29. The van der Waals surface area contributed by atoms with Crippen molar-refractivity contribution in [1.29, 1.82) is 0 Å². The average Bonchev–Trinajstić information content (AvgIpc) is 3.04. The first kappa shape index (κ1) is 16.3. The standard InChI is InChI=1S/C17H19ClN6O/c18-17-20-9-13-10-21-24(16(13)22-17)11-12-2-1-3-15(14(12)8-19)23-4-6-25-7-5-23/h1-3,9-10H,4-8,11,19H2. The molecule has 0 saturated carbocycles. The molecule has 1 aliphatic rings. The zero-order chi connectivity index (χ0) is 17.2. The van der Waals surface area contributed by atoms with E-state index in [-0.39, 0.29) is 5.28 Å². The number of halogens is 1. The molecule has 0 atom stereocenters. The molecule has 1 saturated heterocycles. The molecule has 3 aromatic rings. The van der Waals surface area contributed by atoms with Gasteiger partial charge in [-0.2, -0.15) is 10.1 Å². The van der Waals surface area contributed by atoms with Crippen molar-refractivity contribution in [2.75, 3.05) is 31.2 Å². The highest BCUT2D eigenvalue weighted by Gasteiger charge is 2.17. The number of aromatic nitrogens is 4. The van der Waals surface area contributed by atoms with Crippen molar-refractivity contribution >= 4 is 28.3 Å². The summed E-state index contributed by atoms with van der Waals surface area (Å²) in [4.78, 5) is 10.6. The van der Waals surface area contributed by atoms with Crippen LogP contribution in [0.2, 0.25) is 5.28 Å². The second kappa shape index (κ2) is 6.95. The number of anilines is 1. The fraction of sp³-hybridized carbons (Fsp3) is 0.353. The number of nitrogens with two attached hydrogens (primary N) is 1. The van der Waals surface area contributed by atoms with E-state index < -0.39 is 0 Å². The molecule has 2 aromatic heterocycles. The van der Waals surface area contributed by atoms with Crippen LogP contribution in [0.15, 0.2) is 30.6 Å². The lowest BCUT2D eigenvalue weighted by Gasteiger charge is -2.31. The quantitative estimate of drug-likeness (QED) is 0.716. The van der Waals surface area contributed by atoms with Crippen LogP contribution in [0.25, 0.3) is 11.0 Å². The number of morpholine rings is 1. The van der Waals surface area contributed by atoms with Crippen molar-refractivity contribution in [3.63, 3.8) is 0 Å². The van der Waals surface area contributed by atoms with Crippen molar-refractivity contribution in [3.8, 4) is 0 Å². The van der Waals surface area contributed by atoms with Gasteiger partial charge in [0, 0.05) is 31.5 Å². The van der Waals surface area contributed by atoms with Crippen LogP contribution in [0.1, 0.15) is 11.1 Å². The van der Waals surface area contributed by atoms with Gasteiger partial charge in [-0.25, -0.2) is 9.67 Å². The van der Waals surface area contributed by atoms with Crippen molar-refractivity contribution in [1.82, 2.24) is 19.7 Å². The lowest BCUT2D eigenvalue weighted by atomic mass is 10.0. The summed E-state index contributed by atoms with van der Waals surface area (Å²) in [5.74, 6) is 0. The third-order valence-corrected chi connectivity index (χ3v) is 4.65. The molecule has 8 heteroatoms. The van der Waals surface area contributed by atoms with E-state index in [2.05, 4.69) is 38.2 Å². The second-order valence-corrected chi connectivity index (χ2v) is 6.28. The third kappa shape index (κ3) is 3.18. The maximum atomic E-state index is 6.09. The lowest BCUT2D eigenvalue weighted by molar-refractivity contribution is 0.122. The van der Waals surface area contributed by atoms with Gasteiger partial charge in [-0.05, 0) is 28.8 Å². The van der Waals surface area contributed by atoms with Crippen LogP contribution in [0.4, 0.5) is 5.69 Å². The Morgan fingerprint density at radius 2 is 2.04 bits per heavy atom. The largest absolute Gasteiger partial charge is 0.378 e. The van der Waals surface area contributed by atoms with Crippen LogP contribution in [0.3, 0.4) is 0 Å².